The van der Waals surface area contributed by atoms with Crippen molar-refractivity contribution in [2.45, 2.75) is 26.7 Å². The lowest BCUT2D eigenvalue weighted by Crippen LogP contribution is -2.22. The van der Waals surface area contributed by atoms with Crippen LogP contribution in [-0.2, 0) is 0 Å². The maximum Gasteiger partial charge on any atom is 0.323 e. The topological polar surface area (TPSA) is 77.2 Å². The number of nitrogen functional groups attached to an aromatic ring is 1. The van der Waals surface area contributed by atoms with Crippen molar-refractivity contribution >= 4 is 11.9 Å². The fraction of sp³-hybridized carbons (Fsp3) is 0.727. The maximum absolute atomic E-state index is 5.66. The summed E-state index contributed by atoms with van der Waals surface area (Å²) in [5.74, 6) is 1.29. The number of nitrogens with two attached hydrogens (primary N) is 1. The Morgan fingerprint density at radius 1 is 1.24 bits per heavy atom. The van der Waals surface area contributed by atoms with Crippen LogP contribution in [0.1, 0.15) is 26.7 Å². The summed E-state index contributed by atoms with van der Waals surface area (Å²) >= 11 is 0. The van der Waals surface area contributed by atoms with Crippen molar-refractivity contribution in [1.29, 1.82) is 0 Å². The van der Waals surface area contributed by atoms with Gasteiger partial charge in [-0.15, -0.1) is 0 Å². The zero-order valence-corrected chi connectivity index (χ0v) is 10.4. The summed E-state index contributed by atoms with van der Waals surface area (Å²) in [6.07, 6.45) is 2.35. The molecule has 1 aliphatic heterocycles. The third kappa shape index (κ3) is 3.18. The molecule has 2 N–H and O–H groups in total. The van der Waals surface area contributed by atoms with Crippen LogP contribution in [0.2, 0.25) is 0 Å². The van der Waals surface area contributed by atoms with Crippen molar-refractivity contribution in [3.05, 3.63) is 0 Å². The van der Waals surface area contributed by atoms with Crippen molar-refractivity contribution in [3.8, 4) is 6.01 Å². The highest BCUT2D eigenvalue weighted by molar-refractivity contribution is 5.36. The minimum Gasteiger partial charge on any atom is -0.463 e. The molecule has 2 heterocycles. The zero-order chi connectivity index (χ0) is 12.3. The van der Waals surface area contributed by atoms with E-state index in [1.54, 1.807) is 0 Å². The molecular formula is C11H19N5O. The molecule has 2 rings (SSSR count). The number of rotatable bonds is 4. The fourth-order valence-corrected chi connectivity index (χ4v) is 1.73. The first-order valence-electron chi connectivity index (χ1n) is 6.04. The van der Waals surface area contributed by atoms with Crippen LogP contribution in [-0.4, -0.2) is 34.6 Å². The number of hydrogen-bond acceptors (Lipinski definition) is 6. The van der Waals surface area contributed by atoms with Gasteiger partial charge in [0.15, 0.2) is 0 Å². The van der Waals surface area contributed by atoms with Gasteiger partial charge in [-0.2, -0.15) is 15.0 Å². The quantitative estimate of drug-likeness (QED) is 0.844. The van der Waals surface area contributed by atoms with Gasteiger partial charge in [0.05, 0.1) is 6.61 Å². The Kier molecular flexibility index (Phi) is 3.61. The molecule has 0 unspecified atom stereocenters. The number of hydrogen-bond donors (Lipinski definition) is 1. The summed E-state index contributed by atoms with van der Waals surface area (Å²) in [6, 6.07) is 0.327. The van der Waals surface area contributed by atoms with E-state index in [4.69, 9.17) is 10.5 Å². The lowest BCUT2D eigenvalue weighted by atomic mass is 10.2. The summed E-state index contributed by atoms with van der Waals surface area (Å²) in [5.41, 5.74) is 5.66. The molecule has 0 amide bonds. The molecule has 6 nitrogen and oxygen atoms in total. The maximum atomic E-state index is 5.66. The van der Waals surface area contributed by atoms with E-state index in [0.717, 1.165) is 13.1 Å². The molecule has 17 heavy (non-hydrogen) atoms. The molecule has 0 saturated carbocycles. The normalized spacial score (nSPS) is 15.6. The highest BCUT2D eigenvalue weighted by Crippen LogP contribution is 2.18. The van der Waals surface area contributed by atoms with Gasteiger partial charge in [-0.05, 0) is 18.8 Å². The van der Waals surface area contributed by atoms with E-state index < -0.39 is 0 Å². The van der Waals surface area contributed by atoms with Crippen LogP contribution in [0, 0.1) is 5.92 Å². The van der Waals surface area contributed by atoms with Gasteiger partial charge in [-0.1, -0.05) is 13.8 Å². The summed E-state index contributed by atoms with van der Waals surface area (Å²) in [6.45, 7) is 6.70. The summed E-state index contributed by atoms with van der Waals surface area (Å²) in [7, 11) is 0. The van der Waals surface area contributed by atoms with E-state index in [1.165, 1.54) is 12.8 Å². The number of ether oxygens (including phenoxy) is 1. The Balaban J connectivity index is 2.11. The average Bonchev–Trinajstić information content (AvgIpc) is 2.79. The molecule has 1 aromatic heterocycles. The molecule has 0 spiro atoms. The Bertz CT molecular complexity index is 376. The van der Waals surface area contributed by atoms with Gasteiger partial charge in [0.1, 0.15) is 0 Å². The van der Waals surface area contributed by atoms with Crippen LogP contribution in [0.25, 0.3) is 0 Å². The van der Waals surface area contributed by atoms with Crippen molar-refractivity contribution < 1.29 is 4.74 Å². The van der Waals surface area contributed by atoms with Gasteiger partial charge in [-0.3, -0.25) is 0 Å². The van der Waals surface area contributed by atoms with Crippen LogP contribution in [0.5, 0.6) is 6.01 Å². The molecule has 0 radical (unpaired) electrons. The molecule has 1 aliphatic rings. The number of anilines is 2. The van der Waals surface area contributed by atoms with E-state index in [-0.39, 0.29) is 5.95 Å². The molecule has 0 aliphatic carbocycles. The predicted molar refractivity (Wildman–Crippen MR) is 66.0 cm³/mol. The largest absolute Gasteiger partial charge is 0.463 e. The van der Waals surface area contributed by atoms with Crippen LogP contribution >= 0.6 is 0 Å². The summed E-state index contributed by atoms with van der Waals surface area (Å²) in [5, 5.41) is 0. The Hall–Kier alpha value is -1.59. The van der Waals surface area contributed by atoms with Crippen molar-refractivity contribution in [2.75, 3.05) is 30.3 Å². The molecule has 6 heteroatoms. The standard InChI is InChI=1S/C11H19N5O/c1-8(2)7-17-11-14-9(12)13-10(15-11)16-5-3-4-6-16/h8H,3-7H2,1-2H3,(H2,12,13,14,15). The molecule has 1 aromatic rings. The van der Waals surface area contributed by atoms with Crippen molar-refractivity contribution in [2.24, 2.45) is 5.92 Å². The third-order valence-corrected chi connectivity index (χ3v) is 2.56. The SMILES string of the molecule is CC(C)COc1nc(N)nc(N2CCCC2)n1. The van der Waals surface area contributed by atoms with E-state index in [0.29, 0.717) is 24.5 Å². The second kappa shape index (κ2) is 5.16. The van der Waals surface area contributed by atoms with Crippen molar-refractivity contribution in [3.63, 3.8) is 0 Å². The van der Waals surface area contributed by atoms with Gasteiger partial charge in [0.2, 0.25) is 11.9 Å². The van der Waals surface area contributed by atoms with E-state index >= 15 is 0 Å². The van der Waals surface area contributed by atoms with Gasteiger partial charge in [0.25, 0.3) is 0 Å². The minimum absolute atomic E-state index is 0.223. The van der Waals surface area contributed by atoms with Crippen LogP contribution in [0.4, 0.5) is 11.9 Å². The summed E-state index contributed by atoms with van der Waals surface area (Å²) < 4.78 is 5.48. The summed E-state index contributed by atoms with van der Waals surface area (Å²) in [4.78, 5) is 14.5. The van der Waals surface area contributed by atoms with Crippen LogP contribution in [0.3, 0.4) is 0 Å². The lowest BCUT2D eigenvalue weighted by molar-refractivity contribution is 0.250. The average molecular weight is 237 g/mol. The van der Waals surface area contributed by atoms with E-state index in [1.807, 2.05) is 0 Å². The second-order valence-corrected chi connectivity index (χ2v) is 4.68. The van der Waals surface area contributed by atoms with Crippen LogP contribution < -0.4 is 15.4 Å². The van der Waals surface area contributed by atoms with E-state index in [2.05, 4.69) is 33.7 Å². The first-order chi connectivity index (χ1) is 8.15. The fourth-order valence-electron chi connectivity index (χ4n) is 1.73. The first-order valence-corrected chi connectivity index (χ1v) is 6.04. The van der Waals surface area contributed by atoms with Gasteiger partial charge < -0.3 is 15.4 Å². The first kappa shape index (κ1) is 11.9. The monoisotopic (exact) mass is 237 g/mol. The van der Waals surface area contributed by atoms with Gasteiger partial charge >= 0.3 is 6.01 Å². The molecule has 0 bridgehead atoms. The Morgan fingerprint density at radius 2 is 1.94 bits per heavy atom. The predicted octanol–water partition coefficient (Wildman–Crippen LogP) is 1.09. The molecule has 1 saturated heterocycles. The van der Waals surface area contributed by atoms with E-state index in [9.17, 15) is 0 Å². The zero-order valence-electron chi connectivity index (χ0n) is 10.4. The molecule has 0 aromatic carbocycles. The smallest absolute Gasteiger partial charge is 0.323 e. The Labute approximate surface area is 101 Å². The number of nitrogens with zero attached hydrogens (tertiary/aromatic N) is 4. The number of aromatic nitrogens is 3. The van der Waals surface area contributed by atoms with Crippen LogP contribution in [0.15, 0.2) is 0 Å². The third-order valence-electron chi connectivity index (χ3n) is 2.56. The molecule has 94 valence electrons. The second-order valence-electron chi connectivity index (χ2n) is 4.68. The Morgan fingerprint density at radius 3 is 2.59 bits per heavy atom. The molecule has 1 fully saturated rings. The van der Waals surface area contributed by atoms with Gasteiger partial charge in [0, 0.05) is 13.1 Å². The lowest BCUT2D eigenvalue weighted by Gasteiger charge is -2.15. The minimum atomic E-state index is 0.223. The highest BCUT2D eigenvalue weighted by Gasteiger charge is 2.17. The van der Waals surface area contributed by atoms with Gasteiger partial charge in [-0.25, -0.2) is 0 Å². The molecule has 0 atom stereocenters. The molecular weight excluding hydrogens is 218 g/mol. The van der Waals surface area contributed by atoms with Crippen molar-refractivity contribution in [1.82, 2.24) is 15.0 Å². The highest BCUT2D eigenvalue weighted by atomic mass is 16.5.